The summed E-state index contributed by atoms with van der Waals surface area (Å²) in [6.45, 7) is 2.83. The van der Waals surface area contributed by atoms with Crippen LogP contribution >= 0.6 is 0 Å². The maximum absolute atomic E-state index is 13.1. The first-order valence-electron chi connectivity index (χ1n) is 9.47. The number of para-hydroxylation sites is 1. The zero-order valence-electron chi connectivity index (χ0n) is 14.9. The highest BCUT2D eigenvalue weighted by atomic mass is 16.2. The molecule has 0 fully saturated rings. The Morgan fingerprint density at radius 2 is 1.76 bits per heavy atom. The first-order chi connectivity index (χ1) is 12.2. The van der Waals surface area contributed by atoms with E-state index in [1.54, 1.807) is 0 Å². The van der Waals surface area contributed by atoms with Crippen molar-refractivity contribution in [3.63, 3.8) is 0 Å². The second-order valence-corrected chi connectivity index (χ2v) is 7.25. The lowest BCUT2D eigenvalue weighted by atomic mass is 9.87. The number of anilines is 1. The number of rotatable bonds is 3. The Balaban J connectivity index is 1.51. The summed E-state index contributed by atoms with van der Waals surface area (Å²) in [5.41, 5.74) is 5.18. The van der Waals surface area contributed by atoms with Gasteiger partial charge < -0.3 is 4.90 Å². The molecule has 1 aliphatic heterocycles. The minimum Gasteiger partial charge on any atom is -0.311 e. The van der Waals surface area contributed by atoms with Gasteiger partial charge in [-0.05, 0) is 61.8 Å². The average molecular weight is 334 g/mol. The van der Waals surface area contributed by atoms with Crippen molar-refractivity contribution in [2.75, 3.05) is 11.4 Å². The Morgan fingerprint density at radius 1 is 1.04 bits per heavy atom. The number of fused-ring (bicyclic) bond motifs is 2. The van der Waals surface area contributed by atoms with E-state index in [0.717, 1.165) is 37.9 Å². The van der Waals surface area contributed by atoms with Crippen LogP contribution in [0.1, 0.15) is 48.9 Å². The van der Waals surface area contributed by atoms with Gasteiger partial charge in [0.25, 0.3) is 0 Å². The average Bonchev–Trinajstić information content (AvgIpc) is 2.67. The quantitative estimate of drug-likeness (QED) is 0.919. The van der Waals surface area contributed by atoms with Gasteiger partial charge in [-0.15, -0.1) is 0 Å². The van der Waals surface area contributed by atoms with Crippen molar-refractivity contribution in [2.45, 2.75) is 51.1 Å². The Bertz CT molecular complexity index is 770. The highest BCUT2D eigenvalue weighted by molar-refractivity contribution is 5.98. The topological polar surface area (TPSA) is 32.3 Å². The van der Waals surface area contributed by atoms with Crippen LogP contribution in [0.25, 0.3) is 0 Å². The van der Waals surface area contributed by atoms with E-state index in [2.05, 4.69) is 47.8 Å². The van der Waals surface area contributed by atoms with Crippen molar-refractivity contribution in [1.82, 2.24) is 5.32 Å². The standard InChI is InChI=1S/C22H26N2O/c1-16(23-20-13-6-10-17-8-2-4-12-19(17)20)22(25)24-15-7-11-18-9-3-5-14-21(18)24/h2-5,8-9,12,14,16,20,23H,6-7,10-11,13,15H2,1H3. The molecule has 3 nitrogen and oxygen atoms in total. The van der Waals surface area contributed by atoms with Crippen molar-refractivity contribution in [2.24, 2.45) is 0 Å². The number of carbonyl (C=O) groups is 1. The molecule has 0 radical (unpaired) electrons. The van der Waals surface area contributed by atoms with Crippen LogP contribution in [0.2, 0.25) is 0 Å². The first kappa shape index (κ1) is 16.3. The fourth-order valence-corrected chi connectivity index (χ4v) is 4.30. The monoisotopic (exact) mass is 334 g/mol. The van der Waals surface area contributed by atoms with Crippen LogP contribution < -0.4 is 10.2 Å². The van der Waals surface area contributed by atoms with E-state index < -0.39 is 0 Å². The molecule has 0 saturated carbocycles. The molecule has 0 aromatic heterocycles. The Morgan fingerprint density at radius 3 is 2.64 bits per heavy atom. The number of benzene rings is 2. The number of nitrogens with one attached hydrogen (secondary N) is 1. The molecule has 1 aliphatic carbocycles. The van der Waals surface area contributed by atoms with Gasteiger partial charge in [-0.25, -0.2) is 0 Å². The minimum absolute atomic E-state index is 0.178. The number of hydrogen-bond acceptors (Lipinski definition) is 2. The van der Waals surface area contributed by atoms with E-state index in [1.165, 1.54) is 23.1 Å². The lowest BCUT2D eigenvalue weighted by Crippen LogP contribution is -2.48. The highest BCUT2D eigenvalue weighted by Crippen LogP contribution is 2.31. The number of carbonyl (C=O) groups excluding carboxylic acids is 1. The number of amides is 1. The summed E-state index contributed by atoms with van der Waals surface area (Å²) in [5.74, 6) is 0.190. The molecule has 25 heavy (non-hydrogen) atoms. The van der Waals surface area contributed by atoms with Crippen LogP contribution in [0.15, 0.2) is 48.5 Å². The van der Waals surface area contributed by atoms with Crippen LogP contribution in [0, 0.1) is 0 Å². The highest BCUT2D eigenvalue weighted by Gasteiger charge is 2.29. The normalized spacial score (nSPS) is 20.5. The summed E-state index contributed by atoms with van der Waals surface area (Å²) in [7, 11) is 0. The predicted molar refractivity (Wildman–Crippen MR) is 102 cm³/mol. The molecular formula is C22H26N2O. The van der Waals surface area contributed by atoms with Gasteiger partial charge in [0.1, 0.15) is 0 Å². The molecule has 1 amide bonds. The van der Waals surface area contributed by atoms with Gasteiger partial charge in [0.15, 0.2) is 0 Å². The van der Waals surface area contributed by atoms with E-state index in [1.807, 2.05) is 17.9 Å². The van der Waals surface area contributed by atoms with Crippen molar-refractivity contribution >= 4 is 11.6 Å². The predicted octanol–water partition coefficient (Wildman–Crippen LogP) is 4.02. The van der Waals surface area contributed by atoms with Gasteiger partial charge in [0.05, 0.1) is 6.04 Å². The summed E-state index contributed by atoms with van der Waals surface area (Å²) in [6, 6.07) is 17.1. The summed E-state index contributed by atoms with van der Waals surface area (Å²) in [4.78, 5) is 15.1. The van der Waals surface area contributed by atoms with Crippen LogP contribution in [0.3, 0.4) is 0 Å². The fourth-order valence-electron chi connectivity index (χ4n) is 4.30. The van der Waals surface area contributed by atoms with E-state index in [4.69, 9.17) is 0 Å². The van der Waals surface area contributed by atoms with Crippen molar-refractivity contribution in [3.05, 3.63) is 65.2 Å². The van der Waals surface area contributed by atoms with E-state index in [9.17, 15) is 4.79 Å². The van der Waals surface area contributed by atoms with Gasteiger partial charge in [-0.1, -0.05) is 42.5 Å². The second-order valence-electron chi connectivity index (χ2n) is 7.25. The van der Waals surface area contributed by atoms with Gasteiger partial charge in [0.2, 0.25) is 5.91 Å². The number of aryl methyl sites for hydroxylation is 2. The lowest BCUT2D eigenvalue weighted by Gasteiger charge is -2.34. The maximum atomic E-state index is 13.1. The maximum Gasteiger partial charge on any atom is 0.243 e. The molecule has 2 aliphatic rings. The van der Waals surface area contributed by atoms with Gasteiger partial charge in [-0.2, -0.15) is 0 Å². The molecule has 0 bridgehead atoms. The Labute approximate surface area is 150 Å². The van der Waals surface area contributed by atoms with Crippen molar-refractivity contribution in [3.8, 4) is 0 Å². The third-order valence-electron chi connectivity index (χ3n) is 5.57. The smallest absolute Gasteiger partial charge is 0.243 e. The van der Waals surface area contributed by atoms with Crippen LogP contribution in [-0.2, 0) is 17.6 Å². The first-order valence-corrected chi connectivity index (χ1v) is 9.47. The third kappa shape index (κ3) is 3.21. The van der Waals surface area contributed by atoms with Crippen LogP contribution in [0.4, 0.5) is 5.69 Å². The van der Waals surface area contributed by atoms with Gasteiger partial charge >= 0.3 is 0 Å². The summed E-state index contributed by atoms with van der Waals surface area (Å²) < 4.78 is 0. The number of nitrogens with zero attached hydrogens (tertiary/aromatic N) is 1. The van der Waals surface area contributed by atoms with E-state index >= 15 is 0 Å². The SMILES string of the molecule is CC(NC1CCCc2ccccc21)C(=O)N1CCCc2ccccc21. The van der Waals surface area contributed by atoms with E-state index in [-0.39, 0.29) is 18.0 Å². The molecule has 130 valence electrons. The van der Waals surface area contributed by atoms with Crippen LogP contribution in [-0.4, -0.2) is 18.5 Å². The third-order valence-corrected chi connectivity index (χ3v) is 5.57. The molecule has 2 atom stereocenters. The largest absolute Gasteiger partial charge is 0.311 e. The fraction of sp³-hybridized carbons (Fsp3) is 0.409. The van der Waals surface area contributed by atoms with E-state index in [0.29, 0.717) is 0 Å². The van der Waals surface area contributed by atoms with Crippen molar-refractivity contribution < 1.29 is 4.79 Å². The molecule has 3 heteroatoms. The lowest BCUT2D eigenvalue weighted by molar-refractivity contribution is -0.120. The zero-order chi connectivity index (χ0) is 17.2. The molecule has 0 saturated heterocycles. The molecule has 2 aromatic carbocycles. The molecule has 0 spiro atoms. The molecule has 1 heterocycles. The molecule has 2 unspecified atom stereocenters. The molecule has 4 rings (SSSR count). The summed E-state index contributed by atoms with van der Waals surface area (Å²) in [6.07, 6.45) is 5.54. The van der Waals surface area contributed by atoms with Crippen molar-refractivity contribution in [1.29, 1.82) is 0 Å². The Kier molecular flexibility index (Phi) is 4.58. The summed E-state index contributed by atoms with van der Waals surface area (Å²) >= 11 is 0. The summed E-state index contributed by atoms with van der Waals surface area (Å²) in [5, 5.41) is 3.61. The Hall–Kier alpha value is -2.13. The number of hydrogen-bond donors (Lipinski definition) is 1. The minimum atomic E-state index is -0.178. The molecule has 1 N–H and O–H groups in total. The van der Waals surface area contributed by atoms with Gasteiger partial charge in [0, 0.05) is 18.3 Å². The molecular weight excluding hydrogens is 308 g/mol. The zero-order valence-corrected chi connectivity index (χ0v) is 14.9. The second kappa shape index (κ2) is 7.01. The molecule has 2 aromatic rings. The van der Waals surface area contributed by atoms with Crippen LogP contribution in [0.5, 0.6) is 0 Å². The van der Waals surface area contributed by atoms with Gasteiger partial charge in [-0.3, -0.25) is 10.1 Å².